The van der Waals surface area contributed by atoms with Gasteiger partial charge in [-0.2, -0.15) is 13.1 Å². The van der Waals surface area contributed by atoms with E-state index in [4.69, 9.17) is 19.3 Å². The molecule has 188 valence electrons. The Morgan fingerprint density at radius 3 is 2.62 bits per heavy atom. The predicted molar refractivity (Wildman–Crippen MR) is 128 cm³/mol. The fraction of sp³-hybridized carbons (Fsp3) is 0.545. The van der Waals surface area contributed by atoms with Crippen LogP contribution in [-0.2, 0) is 14.9 Å². The van der Waals surface area contributed by atoms with E-state index in [2.05, 4.69) is 14.6 Å². The zero-order valence-corrected chi connectivity index (χ0v) is 20.4. The summed E-state index contributed by atoms with van der Waals surface area (Å²) in [6, 6.07) is 5.81. The number of benzene rings is 1. The summed E-state index contributed by atoms with van der Waals surface area (Å²) < 4.78 is 43.6. The lowest BCUT2D eigenvalue weighted by Gasteiger charge is -2.36. The third kappa shape index (κ3) is 6.61. The quantitative estimate of drug-likeness (QED) is 0.400. The van der Waals surface area contributed by atoms with Crippen molar-refractivity contribution in [2.45, 2.75) is 19.8 Å². The second-order valence-electron chi connectivity index (χ2n) is 8.25. The largest absolute Gasteiger partial charge is 0.493 e. The normalized spacial score (nSPS) is 15.8. The van der Waals surface area contributed by atoms with Gasteiger partial charge < -0.3 is 24.2 Å². The molecular formula is C22H32N4O7S. The van der Waals surface area contributed by atoms with Gasteiger partial charge in [0, 0.05) is 50.1 Å². The van der Waals surface area contributed by atoms with E-state index in [9.17, 15) is 13.2 Å². The highest BCUT2D eigenvalue weighted by atomic mass is 32.2. The van der Waals surface area contributed by atoms with Crippen molar-refractivity contribution in [2.24, 2.45) is 11.8 Å². The van der Waals surface area contributed by atoms with Crippen LogP contribution >= 0.6 is 0 Å². The Bertz CT molecular complexity index is 1090. The van der Waals surface area contributed by atoms with Crippen LogP contribution in [0.2, 0.25) is 0 Å². The van der Waals surface area contributed by atoms with Crippen LogP contribution in [0.15, 0.2) is 24.4 Å². The molecule has 1 fully saturated rings. The van der Waals surface area contributed by atoms with Gasteiger partial charge in [0.25, 0.3) is 0 Å². The molecule has 2 heterocycles. The van der Waals surface area contributed by atoms with Gasteiger partial charge in [-0.15, -0.1) is 0 Å². The molecule has 3 N–H and O–H groups in total. The maximum Gasteiger partial charge on any atom is 0.419 e. The van der Waals surface area contributed by atoms with Crippen LogP contribution in [0, 0.1) is 11.8 Å². The number of carboxylic acid groups (broad SMARTS) is 1. The number of ether oxygens (including phenoxy) is 3. The van der Waals surface area contributed by atoms with Crippen LogP contribution in [-0.4, -0.2) is 71.7 Å². The molecule has 3 rings (SSSR count). The van der Waals surface area contributed by atoms with Gasteiger partial charge in [0.15, 0.2) is 11.5 Å². The van der Waals surface area contributed by atoms with E-state index in [1.54, 1.807) is 20.4 Å². The highest BCUT2D eigenvalue weighted by molar-refractivity contribution is 7.88. The standard InChI is InChI=1S/C22H32N4O7S/c1-15(14-24-34(29,30)25-22(27)28)16-5-8-26(9-6-16)19-4-7-23-18-13-20(32-3)21(12-17(18)19)33-11-10-31-2/h4,7,12-13,15-16,24-25H,5-6,8-11,14H2,1-3H3,(H,27,28). The van der Waals surface area contributed by atoms with Crippen molar-refractivity contribution in [1.29, 1.82) is 0 Å². The van der Waals surface area contributed by atoms with Gasteiger partial charge >= 0.3 is 16.3 Å². The molecule has 1 aromatic carbocycles. The van der Waals surface area contributed by atoms with Gasteiger partial charge in [-0.05, 0) is 36.8 Å². The van der Waals surface area contributed by atoms with E-state index in [-0.39, 0.29) is 12.5 Å². The summed E-state index contributed by atoms with van der Waals surface area (Å²) in [6.45, 7) is 4.63. The Labute approximate surface area is 199 Å². The lowest BCUT2D eigenvalue weighted by molar-refractivity contribution is 0.144. The Hall–Kier alpha value is -2.83. The first-order valence-corrected chi connectivity index (χ1v) is 12.6. The molecule has 0 saturated carbocycles. The first-order chi connectivity index (χ1) is 16.2. The lowest BCUT2D eigenvalue weighted by Crippen LogP contribution is -2.43. The van der Waals surface area contributed by atoms with Gasteiger partial charge in [0.05, 0.1) is 19.2 Å². The van der Waals surface area contributed by atoms with Crippen molar-refractivity contribution in [3.05, 3.63) is 24.4 Å². The summed E-state index contributed by atoms with van der Waals surface area (Å²) in [7, 11) is -0.842. The minimum Gasteiger partial charge on any atom is -0.493 e. The summed E-state index contributed by atoms with van der Waals surface area (Å²) in [5, 5.41) is 9.58. The van der Waals surface area contributed by atoms with Gasteiger partial charge in [0.2, 0.25) is 0 Å². The van der Waals surface area contributed by atoms with Crippen LogP contribution in [0.3, 0.4) is 0 Å². The lowest BCUT2D eigenvalue weighted by atomic mass is 9.85. The maximum atomic E-state index is 11.7. The highest BCUT2D eigenvalue weighted by Gasteiger charge is 2.26. The minimum absolute atomic E-state index is 0.0618. The molecule has 0 radical (unpaired) electrons. The van der Waals surface area contributed by atoms with Crippen molar-refractivity contribution in [1.82, 2.24) is 14.4 Å². The fourth-order valence-electron chi connectivity index (χ4n) is 4.19. The molecular weight excluding hydrogens is 464 g/mol. The van der Waals surface area contributed by atoms with Crippen molar-refractivity contribution < 1.29 is 32.5 Å². The minimum atomic E-state index is -4.06. The number of fused-ring (bicyclic) bond motifs is 1. The SMILES string of the molecule is COCCOc1cc2c(N3CCC(C(C)CNS(=O)(=O)NC(=O)O)CC3)ccnc2cc1OC. The fourth-order valence-corrected chi connectivity index (χ4v) is 4.97. The third-order valence-corrected chi connectivity index (χ3v) is 7.04. The van der Waals surface area contributed by atoms with Crippen LogP contribution in [0.5, 0.6) is 11.5 Å². The number of carbonyl (C=O) groups is 1. The molecule has 1 aliphatic rings. The number of methoxy groups -OCH3 is 2. The summed E-state index contributed by atoms with van der Waals surface area (Å²) >= 11 is 0. The molecule has 12 heteroatoms. The Morgan fingerprint density at radius 2 is 1.97 bits per heavy atom. The maximum absolute atomic E-state index is 11.7. The van der Waals surface area contributed by atoms with Gasteiger partial charge in [-0.3, -0.25) is 4.98 Å². The van der Waals surface area contributed by atoms with Crippen molar-refractivity contribution in [2.75, 3.05) is 52.0 Å². The summed E-state index contributed by atoms with van der Waals surface area (Å²) in [4.78, 5) is 17.4. The summed E-state index contributed by atoms with van der Waals surface area (Å²) in [5.41, 5.74) is 1.87. The molecule has 1 amide bonds. The first-order valence-electron chi connectivity index (χ1n) is 11.1. The molecule has 1 aliphatic heterocycles. The molecule has 11 nitrogen and oxygen atoms in total. The monoisotopic (exact) mass is 496 g/mol. The molecule has 1 aromatic heterocycles. The molecule has 1 atom stereocenters. The number of hydrogen-bond donors (Lipinski definition) is 3. The highest BCUT2D eigenvalue weighted by Crippen LogP contribution is 2.37. The molecule has 0 bridgehead atoms. The number of amides is 1. The Kier molecular flexibility index (Phi) is 8.75. The number of anilines is 1. The molecule has 2 aromatic rings. The zero-order chi connectivity index (χ0) is 24.7. The zero-order valence-electron chi connectivity index (χ0n) is 19.6. The van der Waals surface area contributed by atoms with Gasteiger partial charge in [-0.25, -0.2) is 9.52 Å². The number of aromatic nitrogens is 1. The molecule has 0 aliphatic carbocycles. The van der Waals surface area contributed by atoms with Crippen LogP contribution < -0.4 is 23.8 Å². The van der Waals surface area contributed by atoms with E-state index in [0.717, 1.165) is 42.5 Å². The van der Waals surface area contributed by atoms with Gasteiger partial charge in [-0.1, -0.05) is 6.92 Å². The van der Waals surface area contributed by atoms with E-state index < -0.39 is 16.3 Å². The number of nitrogens with one attached hydrogen (secondary N) is 2. The van der Waals surface area contributed by atoms with Crippen molar-refractivity contribution in [3.8, 4) is 11.5 Å². The van der Waals surface area contributed by atoms with E-state index in [1.165, 1.54) is 4.72 Å². The van der Waals surface area contributed by atoms with E-state index >= 15 is 0 Å². The average Bonchev–Trinajstić information content (AvgIpc) is 2.81. The Morgan fingerprint density at radius 1 is 1.24 bits per heavy atom. The smallest absolute Gasteiger partial charge is 0.419 e. The van der Waals surface area contributed by atoms with Crippen molar-refractivity contribution >= 4 is 32.9 Å². The van der Waals surface area contributed by atoms with E-state index in [1.807, 2.05) is 25.1 Å². The predicted octanol–water partition coefficient (Wildman–Crippen LogP) is 2.22. The van der Waals surface area contributed by atoms with Gasteiger partial charge in [0.1, 0.15) is 6.61 Å². The Balaban J connectivity index is 1.68. The van der Waals surface area contributed by atoms with Crippen LogP contribution in [0.4, 0.5) is 10.5 Å². The number of rotatable bonds is 11. The molecule has 0 spiro atoms. The molecule has 34 heavy (non-hydrogen) atoms. The molecule has 1 saturated heterocycles. The average molecular weight is 497 g/mol. The summed E-state index contributed by atoms with van der Waals surface area (Å²) in [6.07, 6.45) is 1.93. The van der Waals surface area contributed by atoms with Crippen LogP contribution in [0.1, 0.15) is 19.8 Å². The van der Waals surface area contributed by atoms with E-state index in [0.29, 0.717) is 30.6 Å². The summed E-state index contributed by atoms with van der Waals surface area (Å²) in [5.74, 6) is 1.62. The second-order valence-corrected chi connectivity index (χ2v) is 9.75. The number of nitrogens with zero attached hydrogens (tertiary/aromatic N) is 2. The number of pyridine rings is 1. The number of hydrogen-bond acceptors (Lipinski definition) is 8. The van der Waals surface area contributed by atoms with Crippen LogP contribution in [0.25, 0.3) is 10.9 Å². The van der Waals surface area contributed by atoms with Crippen molar-refractivity contribution in [3.63, 3.8) is 0 Å². The first kappa shape index (κ1) is 25.8. The number of piperidine rings is 1. The second kappa shape index (κ2) is 11.5. The topological polar surface area (TPSA) is 139 Å². The molecule has 1 unspecified atom stereocenters. The third-order valence-electron chi connectivity index (χ3n) is 6.05.